The third kappa shape index (κ3) is 3.51. The van der Waals surface area contributed by atoms with Gasteiger partial charge in [0.2, 0.25) is 0 Å². The van der Waals surface area contributed by atoms with Crippen LogP contribution in [0.15, 0.2) is 23.8 Å². The van der Waals surface area contributed by atoms with Crippen molar-refractivity contribution in [2.45, 2.75) is 6.92 Å². The molecule has 0 bridgehead atoms. The predicted octanol–water partition coefficient (Wildman–Crippen LogP) is 2.39. The van der Waals surface area contributed by atoms with Crippen LogP contribution in [-0.4, -0.2) is 19.6 Å². The highest BCUT2D eigenvalue weighted by molar-refractivity contribution is 6.30. The summed E-state index contributed by atoms with van der Waals surface area (Å²) in [5.74, 6) is 0.137. The van der Waals surface area contributed by atoms with Crippen molar-refractivity contribution < 1.29 is 9.53 Å². The quantitative estimate of drug-likeness (QED) is 0.671. The van der Waals surface area contributed by atoms with Gasteiger partial charge in [-0.2, -0.15) is 5.26 Å². The number of carbonyl (C=O) groups excluding carboxylic acids is 1. The van der Waals surface area contributed by atoms with E-state index in [0.29, 0.717) is 22.9 Å². The first-order valence-corrected chi connectivity index (χ1v) is 5.76. The van der Waals surface area contributed by atoms with E-state index in [9.17, 15) is 4.79 Å². The van der Waals surface area contributed by atoms with Crippen LogP contribution in [0.3, 0.4) is 0 Å². The van der Waals surface area contributed by atoms with Crippen molar-refractivity contribution in [2.75, 3.05) is 13.7 Å². The van der Waals surface area contributed by atoms with Crippen molar-refractivity contribution in [2.24, 2.45) is 0 Å². The topological polar surface area (TPSA) is 62.1 Å². The average molecular weight is 265 g/mol. The Hall–Kier alpha value is -1.99. The summed E-state index contributed by atoms with van der Waals surface area (Å²) in [6.45, 7) is 2.34. The van der Waals surface area contributed by atoms with Crippen LogP contribution in [0.5, 0.6) is 5.75 Å². The molecule has 0 aliphatic carbocycles. The maximum absolute atomic E-state index is 11.4. The number of hydrogen-bond donors (Lipinski definition) is 1. The van der Waals surface area contributed by atoms with Gasteiger partial charge in [-0.3, -0.25) is 4.79 Å². The van der Waals surface area contributed by atoms with Gasteiger partial charge >= 0.3 is 0 Å². The zero-order valence-corrected chi connectivity index (χ0v) is 10.9. The normalized spacial score (nSPS) is 10.7. The number of benzene rings is 1. The van der Waals surface area contributed by atoms with Crippen LogP contribution in [0, 0.1) is 11.3 Å². The maximum atomic E-state index is 11.4. The van der Waals surface area contributed by atoms with Crippen LogP contribution < -0.4 is 10.1 Å². The Balaban J connectivity index is 3.22. The number of carbonyl (C=O) groups is 1. The van der Waals surface area contributed by atoms with Crippen molar-refractivity contribution >= 4 is 23.6 Å². The van der Waals surface area contributed by atoms with E-state index in [4.69, 9.17) is 21.6 Å². The van der Waals surface area contributed by atoms with E-state index in [1.54, 1.807) is 18.2 Å². The maximum Gasteiger partial charge on any atom is 0.261 e. The van der Waals surface area contributed by atoms with Crippen LogP contribution in [0.4, 0.5) is 0 Å². The number of rotatable bonds is 4. The van der Waals surface area contributed by atoms with Crippen LogP contribution in [0.25, 0.3) is 6.08 Å². The zero-order valence-electron chi connectivity index (χ0n) is 10.2. The van der Waals surface area contributed by atoms with Crippen molar-refractivity contribution in [1.82, 2.24) is 5.32 Å². The lowest BCUT2D eigenvalue weighted by atomic mass is 10.1. The Morgan fingerprint density at radius 3 is 2.89 bits per heavy atom. The SMILES string of the molecule is CCOc1ccc(Cl)cc1/C=C(/C#N)C(=O)NC. The summed E-state index contributed by atoms with van der Waals surface area (Å²) >= 11 is 5.89. The fourth-order valence-corrected chi connectivity index (χ4v) is 1.54. The molecule has 4 nitrogen and oxygen atoms in total. The number of hydrogen-bond acceptors (Lipinski definition) is 3. The highest BCUT2D eigenvalue weighted by atomic mass is 35.5. The molecule has 1 aromatic carbocycles. The summed E-state index contributed by atoms with van der Waals surface area (Å²) in [5, 5.41) is 11.8. The number of amides is 1. The van der Waals surface area contributed by atoms with Crippen LogP contribution in [-0.2, 0) is 4.79 Å². The Morgan fingerprint density at radius 2 is 2.33 bits per heavy atom. The molecule has 0 fully saturated rings. The van der Waals surface area contributed by atoms with E-state index >= 15 is 0 Å². The number of nitriles is 1. The first kappa shape index (κ1) is 14.1. The van der Waals surface area contributed by atoms with Gasteiger partial charge in [-0.15, -0.1) is 0 Å². The fourth-order valence-electron chi connectivity index (χ4n) is 1.36. The first-order valence-electron chi connectivity index (χ1n) is 5.38. The van der Waals surface area contributed by atoms with Gasteiger partial charge in [-0.25, -0.2) is 0 Å². The Kier molecular flexibility index (Phi) is 5.22. The zero-order chi connectivity index (χ0) is 13.5. The van der Waals surface area contributed by atoms with E-state index in [-0.39, 0.29) is 5.57 Å². The molecule has 94 valence electrons. The van der Waals surface area contributed by atoms with Gasteiger partial charge in [0.15, 0.2) is 0 Å². The van der Waals surface area contributed by atoms with Crippen molar-refractivity contribution in [3.8, 4) is 11.8 Å². The minimum absolute atomic E-state index is 0.000666. The number of halogens is 1. The molecule has 0 aliphatic rings. The molecule has 0 saturated heterocycles. The van der Waals surface area contributed by atoms with E-state index in [0.717, 1.165) is 0 Å². The number of nitrogens with one attached hydrogen (secondary N) is 1. The van der Waals surface area contributed by atoms with E-state index in [1.807, 2.05) is 13.0 Å². The van der Waals surface area contributed by atoms with Gasteiger partial charge in [0.05, 0.1) is 6.61 Å². The van der Waals surface area contributed by atoms with Crippen molar-refractivity contribution in [3.05, 3.63) is 34.4 Å². The fraction of sp³-hybridized carbons (Fsp3) is 0.231. The van der Waals surface area contributed by atoms with Crippen molar-refractivity contribution in [1.29, 1.82) is 5.26 Å². The van der Waals surface area contributed by atoms with Crippen molar-refractivity contribution in [3.63, 3.8) is 0 Å². The summed E-state index contributed by atoms with van der Waals surface area (Å²) in [4.78, 5) is 11.4. The lowest BCUT2D eigenvalue weighted by Gasteiger charge is -2.08. The largest absolute Gasteiger partial charge is 0.493 e. The molecule has 1 aromatic rings. The molecule has 0 aromatic heterocycles. The molecule has 0 aliphatic heterocycles. The second-order valence-corrected chi connectivity index (χ2v) is 3.80. The monoisotopic (exact) mass is 264 g/mol. The van der Waals surface area contributed by atoms with Gasteiger partial charge in [0, 0.05) is 17.6 Å². The van der Waals surface area contributed by atoms with E-state index < -0.39 is 5.91 Å². The number of likely N-dealkylation sites (N-methyl/N-ethyl adjacent to an activating group) is 1. The molecule has 0 unspecified atom stereocenters. The Morgan fingerprint density at radius 1 is 1.61 bits per heavy atom. The Bertz CT molecular complexity index is 518. The second kappa shape index (κ2) is 6.67. The first-order chi connectivity index (χ1) is 8.62. The molecule has 18 heavy (non-hydrogen) atoms. The molecule has 1 rings (SSSR count). The summed E-state index contributed by atoms with van der Waals surface area (Å²) in [6, 6.07) is 6.88. The van der Waals surface area contributed by atoms with E-state index in [1.165, 1.54) is 13.1 Å². The summed E-state index contributed by atoms with van der Waals surface area (Å²) in [7, 11) is 1.47. The van der Waals surface area contributed by atoms with Gasteiger partial charge in [0.1, 0.15) is 17.4 Å². The number of ether oxygens (including phenoxy) is 1. The van der Waals surface area contributed by atoms with Crippen LogP contribution >= 0.6 is 11.6 Å². The van der Waals surface area contributed by atoms with E-state index in [2.05, 4.69) is 5.32 Å². The van der Waals surface area contributed by atoms with Crippen LogP contribution in [0.1, 0.15) is 12.5 Å². The molecule has 1 amide bonds. The molecule has 0 atom stereocenters. The summed E-state index contributed by atoms with van der Waals surface area (Å²) in [5.41, 5.74) is 0.602. The molecule has 0 radical (unpaired) electrons. The second-order valence-electron chi connectivity index (χ2n) is 3.36. The highest BCUT2D eigenvalue weighted by Gasteiger charge is 2.09. The molecular weight excluding hydrogens is 252 g/mol. The molecule has 0 spiro atoms. The highest BCUT2D eigenvalue weighted by Crippen LogP contribution is 2.25. The van der Waals surface area contributed by atoms with Gasteiger partial charge < -0.3 is 10.1 Å². The van der Waals surface area contributed by atoms with Crippen LogP contribution in [0.2, 0.25) is 5.02 Å². The third-order valence-corrected chi connectivity index (χ3v) is 2.40. The van der Waals surface area contributed by atoms with Gasteiger partial charge in [0.25, 0.3) is 5.91 Å². The molecule has 0 heterocycles. The molecule has 1 N–H and O–H groups in total. The van der Waals surface area contributed by atoms with Gasteiger partial charge in [-0.05, 0) is 31.2 Å². The third-order valence-electron chi connectivity index (χ3n) is 2.16. The minimum atomic E-state index is -0.445. The Labute approximate surface area is 111 Å². The minimum Gasteiger partial charge on any atom is -0.493 e. The molecular formula is C13H13ClN2O2. The molecule has 0 saturated carbocycles. The van der Waals surface area contributed by atoms with Gasteiger partial charge in [-0.1, -0.05) is 11.6 Å². The summed E-state index contributed by atoms with van der Waals surface area (Å²) in [6.07, 6.45) is 1.45. The lowest BCUT2D eigenvalue weighted by molar-refractivity contribution is -0.116. The average Bonchev–Trinajstić information content (AvgIpc) is 2.38. The number of nitrogens with zero attached hydrogens (tertiary/aromatic N) is 1. The standard InChI is InChI=1S/C13H13ClN2O2/c1-3-18-12-5-4-11(14)7-9(12)6-10(8-15)13(17)16-2/h4-7H,3H2,1-2H3,(H,16,17)/b10-6-. The molecule has 5 heteroatoms. The summed E-state index contributed by atoms with van der Waals surface area (Å²) < 4.78 is 5.41. The predicted molar refractivity (Wildman–Crippen MR) is 70.3 cm³/mol. The smallest absolute Gasteiger partial charge is 0.261 e. The lowest BCUT2D eigenvalue weighted by Crippen LogP contribution is -2.19.